The van der Waals surface area contributed by atoms with Crippen molar-refractivity contribution in [2.45, 2.75) is 0 Å². The Kier molecular flexibility index (Phi) is 2.37. The van der Waals surface area contributed by atoms with Crippen LogP contribution in [0.1, 0.15) is 0 Å². The molecule has 0 fully saturated rings. The number of rotatable bonds is 2. The number of aromatic amines is 1. The maximum Gasteiger partial charge on any atom is 0.345 e. The van der Waals surface area contributed by atoms with Gasteiger partial charge in [-0.15, -0.1) is 0 Å². The van der Waals surface area contributed by atoms with Gasteiger partial charge in [0.1, 0.15) is 11.3 Å². The molecular weight excluding hydrogens is 232 g/mol. The molecule has 0 radical (unpaired) electrons. The number of nitrogens with zero attached hydrogens (tertiary/aromatic N) is 1. The maximum absolute atomic E-state index is 11.9. The zero-order chi connectivity index (χ0) is 12.5. The summed E-state index contributed by atoms with van der Waals surface area (Å²) in [7, 11) is 1.57. The molecule has 2 heterocycles. The lowest BCUT2D eigenvalue weighted by Crippen LogP contribution is -2.02. The van der Waals surface area contributed by atoms with E-state index < -0.39 is 5.63 Å². The standard InChI is InChI=1S/C13H10N2O3/c1-17-9-3-2-8-6-10(11-4-5-14-15-11)13(16)18-12(8)7-9/h2-7H,1H3,(H,14,15). The van der Waals surface area contributed by atoms with Crippen LogP contribution in [-0.2, 0) is 0 Å². The third-order valence-corrected chi connectivity index (χ3v) is 2.73. The molecule has 18 heavy (non-hydrogen) atoms. The first-order valence-electron chi connectivity index (χ1n) is 5.39. The van der Waals surface area contributed by atoms with Crippen LogP contribution in [0.3, 0.4) is 0 Å². The van der Waals surface area contributed by atoms with Gasteiger partial charge in [-0.1, -0.05) is 0 Å². The predicted molar refractivity (Wildman–Crippen MR) is 66.6 cm³/mol. The van der Waals surface area contributed by atoms with Crippen LogP contribution in [0.4, 0.5) is 0 Å². The minimum Gasteiger partial charge on any atom is -0.497 e. The molecule has 3 rings (SSSR count). The summed E-state index contributed by atoms with van der Waals surface area (Å²) < 4.78 is 10.4. The van der Waals surface area contributed by atoms with Crippen LogP contribution in [0.2, 0.25) is 0 Å². The van der Waals surface area contributed by atoms with Gasteiger partial charge in [0.05, 0.1) is 18.4 Å². The number of H-pyrrole nitrogens is 1. The molecule has 0 aliphatic heterocycles. The van der Waals surface area contributed by atoms with E-state index in [-0.39, 0.29) is 0 Å². The van der Waals surface area contributed by atoms with E-state index in [1.807, 2.05) is 12.1 Å². The number of methoxy groups -OCH3 is 1. The molecule has 2 aromatic heterocycles. The topological polar surface area (TPSA) is 68.1 Å². The number of aromatic nitrogens is 2. The molecular formula is C13H10N2O3. The molecule has 1 N–H and O–H groups in total. The van der Waals surface area contributed by atoms with Gasteiger partial charge >= 0.3 is 5.63 Å². The second-order valence-electron chi connectivity index (χ2n) is 3.82. The van der Waals surface area contributed by atoms with E-state index in [4.69, 9.17) is 9.15 Å². The predicted octanol–water partition coefficient (Wildman–Crippen LogP) is 2.19. The molecule has 1 aromatic carbocycles. The van der Waals surface area contributed by atoms with Gasteiger partial charge in [-0.2, -0.15) is 5.10 Å². The average molecular weight is 242 g/mol. The fraction of sp³-hybridized carbons (Fsp3) is 0.0769. The van der Waals surface area contributed by atoms with Crippen molar-refractivity contribution in [3.8, 4) is 17.0 Å². The Morgan fingerprint density at radius 2 is 2.17 bits per heavy atom. The number of fused-ring (bicyclic) bond motifs is 1. The van der Waals surface area contributed by atoms with Gasteiger partial charge in [-0.3, -0.25) is 5.10 Å². The number of ether oxygens (including phenoxy) is 1. The molecule has 0 atom stereocenters. The smallest absolute Gasteiger partial charge is 0.345 e. The summed E-state index contributed by atoms with van der Waals surface area (Å²) in [5.41, 5.74) is 1.20. The Balaban J connectivity index is 2.25. The van der Waals surface area contributed by atoms with E-state index in [1.54, 1.807) is 31.5 Å². The molecule has 5 nitrogen and oxygen atoms in total. The number of nitrogens with one attached hydrogen (secondary N) is 1. The summed E-state index contributed by atoms with van der Waals surface area (Å²) in [6, 6.07) is 8.85. The van der Waals surface area contributed by atoms with Crippen molar-refractivity contribution in [1.29, 1.82) is 0 Å². The Morgan fingerprint density at radius 3 is 2.89 bits per heavy atom. The lowest BCUT2D eigenvalue weighted by molar-refractivity contribution is 0.414. The molecule has 0 amide bonds. The van der Waals surface area contributed by atoms with Crippen molar-refractivity contribution in [2.24, 2.45) is 0 Å². The zero-order valence-corrected chi connectivity index (χ0v) is 9.64. The Labute approximate surface area is 102 Å². The first kappa shape index (κ1) is 10.6. The molecule has 0 spiro atoms. The molecule has 0 saturated heterocycles. The SMILES string of the molecule is COc1ccc2cc(-c3ccn[nH]3)c(=O)oc2c1. The zero-order valence-electron chi connectivity index (χ0n) is 9.64. The minimum atomic E-state index is -0.403. The Hall–Kier alpha value is -2.56. The van der Waals surface area contributed by atoms with Crippen molar-refractivity contribution in [3.05, 3.63) is 46.9 Å². The van der Waals surface area contributed by atoms with Crippen LogP contribution in [0.25, 0.3) is 22.2 Å². The van der Waals surface area contributed by atoms with Crippen molar-refractivity contribution in [3.63, 3.8) is 0 Å². The normalized spacial score (nSPS) is 10.7. The van der Waals surface area contributed by atoms with Crippen LogP contribution in [0, 0.1) is 0 Å². The lowest BCUT2D eigenvalue weighted by Gasteiger charge is -2.02. The molecule has 0 aliphatic rings. The highest BCUT2D eigenvalue weighted by Gasteiger charge is 2.09. The average Bonchev–Trinajstić information content (AvgIpc) is 2.91. The fourth-order valence-electron chi connectivity index (χ4n) is 1.81. The largest absolute Gasteiger partial charge is 0.497 e. The highest BCUT2D eigenvalue weighted by molar-refractivity contribution is 5.82. The van der Waals surface area contributed by atoms with E-state index in [0.717, 1.165) is 5.39 Å². The first-order valence-corrected chi connectivity index (χ1v) is 5.39. The van der Waals surface area contributed by atoms with Gasteiger partial charge < -0.3 is 9.15 Å². The summed E-state index contributed by atoms with van der Waals surface area (Å²) in [4.78, 5) is 11.9. The highest BCUT2D eigenvalue weighted by Crippen LogP contribution is 2.23. The first-order chi connectivity index (χ1) is 8.78. The second kappa shape index (κ2) is 4.03. The van der Waals surface area contributed by atoms with Crippen LogP contribution < -0.4 is 10.4 Å². The summed E-state index contributed by atoms with van der Waals surface area (Å²) in [6.45, 7) is 0. The van der Waals surface area contributed by atoms with Crippen molar-refractivity contribution >= 4 is 11.0 Å². The van der Waals surface area contributed by atoms with Gasteiger partial charge in [0.2, 0.25) is 0 Å². The number of hydrogen-bond donors (Lipinski definition) is 1. The van der Waals surface area contributed by atoms with Crippen LogP contribution >= 0.6 is 0 Å². The summed E-state index contributed by atoms with van der Waals surface area (Å²) >= 11 is 0. The summed E-state index contributed by atoms with van der Waals surface area (Å²) in [5.74, 6) is 0.653. The maximum atomic E-state index is 11.9. The monoisotopic (exact) mass is 242 g/mol. The van der Waals surface area contributed by atoms with Crippen molar-refractivity contribution in [2.75, 3.05) is 7.11 Å². The Bertz CT molecular complexity index is 745. The van der Waals surface area contributed by atoms with E-state index in [0.29, 0.717) is 22.6 Å². The molecule has 90 valence electrons. The molecule has 0 bridgehead atoms. The van der Waals surface area contributed by atoms with Crippen LogP contribution in [0.5, 0.6) is 5.75 Å². The quantitative estimate of drug-likeness (QED) is 0.699. The number of hydrogen-bond acceptors (Lipinski definition) is 4. The third kappa shape index (κ3) is 1.66. The van der Waals surface area contributed by atoms with E-state index in [1.165, 1.54) is 0 Å². The van der Waals surface area contributed by atoms with Crippen molar-refractivity contribution < 1.29 is 9.15 Å². The summed E-state index contributed by atoms with van der Waals surface area (Å²) in [5, 5.41) is 7.40. The Morgan fingerprint density at radius 1 is 1.28 bits per heavy atom. The van der Waals surface area contributed by atoms with Crippen molar-refractivity contribution in [1.82, 2.24) is 10.2 Å². The minimum absolute atomic E-state index is 0.403. The van der Waals surface area contributed by atoms with Crippen LogP contribution in [-0.4, -0.2) is 17.3 Å². The van der Waals surface area contributed by atoms with E-state index in [9.17, 15) is 4.79 Å². The van der Waals surface area contributed by atoms with Gasteiger partial charge in [-0.05, 0) is 24.3 Å². The molecule has 0 saturated carbocycles. The van der Waals surface area contributed by atoms with Gasteiger partial charge in [-0.25, -0.2) is 4.79 Å². The second-order valence-corrected chi connectivity index (χ2v) is 3.82. The molecule has 5 heteroatoms. The number of benzene rings is 1. The van der Waals surface area contributed by atoms with E-state index in [2.05, 4.69) is 10.2 Å². The van der Waals surface area contributed by atoms with Gasteiger partial charge in [0, 0.05) is 17.6 Å². The van der Waals surface area contributed by atoms with Gasteiger partial charge in [0.25, 0.3) is 0 Å². The summed E-state index contributed by atoms with van der Waals surface area (Å²) in [6.07, 6.45) is 1.59. The molecule has 0 unspecified atom stereocenters. The third-order valence-electron chi connectivity index (χ3n) is 2.73. The highest BCUT2D eigenvalue weighted by atomic mass is 16.5. The van der Waals surface area contributed by atoms with Gasteiger partial charge in [0.15, 0.2) is 0 Å². The van der Waals surface area contributed by atoms with E-state index >= 15 is 0 Å². The van der Waals surface area contributed by atoms with Crippen LogP contribution in [0.15, 0.2) is 45.7 Å². The lowest BCUT2D eigenvalue weighted by atomic mass is 10.1. The molecule has 0 aliphatic carbocycles. The fourth-order valence-corrected chi connectivity index (χ4v) is 1.81. The molecule has 3 aromatic rings.